The van der Waals surface area contributed by atoms with Crippen LogP contribution in [0.25, 0.3) is 0 Å². The summed E-state index contributed by atoms with van der Waals surface area (Å²) in [5, 5.41) is 11.2. The lowest BCUT2D eigenvalue weighted by Crippen LogP contribution is -2.42. The molecule has 0 unspecified atom stereocenters. The minimum atomic E-state index is -0.976. The van der Waals surface area contributed by atoms with Gasteiger partial charge >= 0.3 is 5.97 Å². The Morgan fingerprint density at radius 2 is 1.88 bits per heavy atom. The highest BCUT2D eigenvalue weighted by molar-refractivity contribution is 5.84. The van der Waals surface area contributed by atoms with Crippen LogP contribution >= 0.6 is 0 Å². The fourth-order valence-corrected chi connectivity index (χ4v) is 2.23. The Morgan fingerprint density at radius 1 is 1.31 bits per heavy atom. The summed E-state index contributed by atoms with van der Waals surface area (Å²) in [5.74, 6) is -0.300. The van der Waals surface area contributed by atoms with Crippen LogP contribution in [0.4, 0.5) is 0 Å². The number of carboxylic acids is 1. The molecule has 1 aliphatic carbocycles. The summed E-state index contributed by atoms with van der Waals surface area (Å²) in [4.78, 5) is 22.3. The largest absolute Gasteiger partial charge is 0.480 e. The van der Waals surface area contributed by atoms with E-state index in [-0.39, 0.29) is 11.8 Å². The summed E-state index contributed by atoms with van der Waals surface area (Å²) in [6.07, 6.45) is 5.17. The van der Waals surface area contributed by atoms with Gasteiger partial charge in [-0.3, -0.25) is 9.59 Å². The molecular formula is C12H21NO3. The molecule has 0 radical (unpaired) electrons. The average Bonchev–Trinajstić information content (AvgIpc) is 2.28. The number of hydrogen-bond donors (Lipinski definition) is 2. The number of hydrogen-bond acceptors (Lipinski definition) is 2. The van der Waals surface area contributed by atoms with Crippen molar-refractivity contribution < 1.29 is 14.7 Å². The van der Waals surface area contributed by atoms with Crippen LogP contribution in [-0.4, -0.2) is 23.0 Å². The Kier molecular flexibility index (Phi) is 4.77. The normalized spacial score (nSPS) is 27.1. The van der Waals surface area contributed by atoms with Gasteiger partial charge < -0.3 is 10.4 Å². The van der Waals surface area contributed by atoms with Crippen molar-refractivity contribution >= 4 is 11.9 Å². The van der Waals surface area contributed by atoms with E-state index in [1.54, 1.807) is 0 Å². The third-order valence-corrected chi connectivity index (χ3v) is 3.52. The van der Waals surface area contributed by atoms with Gasteiger partial charge in [-0.05, 0) is 38.5 Å². The molecule has 16 heavy (non-hydrogen) atoms. The van der Waals surface area contributed by atoms with Crippen LogP contribution in [0.2, 0.25) is 0 Å². The summed E-state index contributed by atoms with van der Waals surface area (Å²) in [7, 11) is 0. The molecule has 0 heterocycles. The zero-order valence-electron chi connectivity index (χ0n) is 10.0. The Hall–Kier alpha value is -1.06. The van der Waals surface area contributed by atoms with Crippen molar-refractivity contribution in [3.05, 3.63) is 0 Å². The summed E-state index contributed by atoms with van der Waals surface area (Å²) in [6.45, 7) is 3.68. The molecule has 0 spiro atoms. The minimum Gasteiger partial charge on any atom is -0.480 e. The van der Waals surface area contributed by atoms with Crippen molar-refractivity contribution in [2.75, 3.05) is 0 Å². The quantitative estimate of drug-likeness (QED) is 0.769. The Balaban J connectivity index is 2.36. The monoisotopic (exact) mass is 227 g/mol. The van der Waals surface area contributed by atoms with Gasteiger partial charge in [0, 0.05) is 5.92 Å². The van der Waals surface area contributed by atoms with E-state index in [9.17, 15) is 9.59 Å². The van der Waals surface area contributed by atoms with Crippen molar-refractivity contribution in [3.8, 4) is 0 Å². The standard InChI is InChI=1S/C12H21NO3/c1-3-9-4-6-10(7-5-9)11(14)13-8(2)12(15)16/h8-10H,3-7H2,1-2H3,(H,13,14)(H,15,16)/t8-,9?,10?/m0/s1. The second-order valence-electron chi connectivity index (χ2n) is 4.69. The number of carbonyl (C=O) groups is 2. The molecule has 1 saturated carbocycles. The number of nitrogens with one attached hydrogen (secondary N) is 1. The molecule has 1 atom stereocenters. The second kappa shape index (κ2) is 5.87. The topological polar surface area (TPSA) is 66.4 Å². The molecule has 0 aliphatic heterocycles. The Labute approximate surface area is 96.4 Å². The molecule has 0 aromatic heterocycles. The first-order valence-electron chi connectivity index (χ1n) is 6.07. The minimum absolute atomic E-state index is 0.0181. The van der Waals surface area contributed by atoms with Gasteiger partial charge in [-0.2, -0.15) is 0 Å². The molecule has 0 aromatic carbocycles. The molecule has 1 amide bonds. The maximum absolute atomic E-state index is 11.7. The lowest BCUT2D eigenvalue weighted by Gasteiger charge is -2.27. The van der Waals surface area contributed by atoms with E-state index in [1.165, 1.54) is 13.3 Å². The second-order valence-corrected chi connectivity index (χ2v) is 4.69. The highest BCUT2D eigenvalue weighted by Gasteiger charge is 2.27. The first kappa shape index (κ1) is 13.0. The molecule has 1 fully saturated rings. The zero-order chi connectivity index (χ0) is 12.1. The van der Waals surface area contributed by atoms with Crippen LogP contribution in [0.3, 0.4) is 0 Å². The highest BCUT2D eigenvalue weighted by Crippen LogP contribution is 2.30. The fourth-order valence-electron chi connectivity index (χ4n) is 2.23. The molecule has 0 aromatic rings. The van der Waals surface area contributed by atoms with Gasteiger partial charge in [-0.15, -0.1) is 0 Å². The molecule has 4 heteroatoms. The average molecular weight is 227 g/mol. The lowest BCUT2D eigenvalue weighted by atomic mass is 9.80. The van der Waals surface area contributed by atoms with E-state index < -0.39 is 12.0 Å². The van der Waals surface area contributed by atoms with Gasteiger partial charge in [0.1, 0.15) is 6.04 Å². The molecule has 2 N–H and O–H groups in total. The van der Waals surface area contributed by atoms with Crippen LogP contribution in [0.15, 0.2) is 0 Å². The lowest BCUT2D eigenvalue weighted by molar-refractivity contribution is -0.142. The third-order valence-electron chi connectivity index (χ3n) is 3.52. The van der Waals surface area contributed by atoms with E-state index in [0.29, 0.717) is 0 Å². The van der Waals surface area contributed by atoms with Crippen LogP contribution in [0.5, 0.6) is 0 Å². The Bertz CT molecular complexity index is 257. The van der Waals surface area contributed by atoms with Crippen molar-refractivity contribution in [1.29, 1.82) is 0 Å². The molecular weight excluding hydrogens is 206 g/mol. The van der Waals surface area contributed by atoms with Crippen molar-refractivity contribution in [2.24, 2.45) is 11.8 Å². The van der Waals surface area contributed by atoms with Crippen molar-refractivity contribution in [2.45, 2.75) is 52.0 Å². The maximum Gasteiger partial charge on any atom is 0.325 e. The molecule has 1 rings (SSSR count). The van der Waals surface area contributed by atoms with Crippen LogP contribution in [0, 0.1) is 11.8 Å². The van der Waals surface area contributed by atoms with E-state index in [0.717, 1.165) is 31.6 Å². The summed E-state index contributed by atoms with van der Waals surface area (Å²) in [6, 6.07) is -0.781. The van der Waals surface area contributed by atoms with Gasteiger partial charge in [0.25, 0.3) is 0 Å². The van der Waals surface area contributed by atoms with Gasteiger partial charge in [0.15, 0.2) is 0 Å². The predicted octanol–water partition coefficient (Wildman–Crippen LogP) is 1.79. The third kappa shape index (κ3) is 3.51. The molecule has 4 nitrogen and oxygen atoms in total. The van der Waals surface area contributed by atoms with Crippen LogP contribution in [-0.2, 0) is 9.59 Å². The number of carboxylic acid groups (broad SMARTS) is 1. The maximum atomic E-state index is 11.7. The van der Waals surface area contributed by atoms with Gasteiger partial charge in [-0.1, -0.05) is 13.3 Å². The fraction of sp³-hybridized carbons (Fsp3) is 0.833. The summed E-state index contributed by atoms with van der Waals surface area (Å²) in [5.41, 5.74) is 0. The van der Waals surface area contributed by atoms with E-state index in [4.69, 9.17) is 5.11 Å². The molecule has 92 valence electrons. The van der Waals surface area contributed by atoms with Gasteiger partial charge in [0.2, 0.25) is 5.91 Å². The summed E-state index contributed by atoms with van der Waals surface area (Å²) < 4.78 is 0. The summed E-state index contributed by atoms with van der Waals surface area (Å²) >= 11 is 0. The van der Waals surface area contributed by atoms with E-state index in [1.807, 2.05) is 0 Å². The SMILES string of the molecule is CCC1CCC(C(=O)N[C@@H](C)C(=O)O)CC1. The number of rotatable bonds is 4. The first-order valence-corrected chi connectivity index (χ1v) is 6.07. The molecule has 1 aliphatic rings. The van der Waals surface area contributed by atoms with Gasteiger partial charge in [0.05, 0.1) is 0 Å². The molecule has 0 bridgehead atoms. The van der Waals surface area contributed by atoms with Crippen LogP contribution < -0.4 is 5.32 Å². The predicted molar refractivity (Wildman–Crippen MR) is 61.0 cm³/mol. The van der Waals surface area contributed by atoms with Crippen LogP contribution in [0.1, 0.15) is 46.0 Å². The zero-order valence-corrected chi connectivity index (χ0v) is 10.0. The number of amides is 1. The highest BCUT2D eigenvalue weighted by atomic mass is 16.4. The van der Waals surface area contributed by atoms with Gasteiger partial charge in [-0.25, -0.2) is 0 Å². The van der Waals surface area contributed by atoms with Crippen molar-refractivity contribution in [1.82, 2.24) is 5.32 Å². The Morgan fingerprint density at radius 3 is 2.31 bits per heavy atom. The first-order chi connectivity index (χ1) is 7.54. The number of aliphatic carboxylic acids is 1. The van der Waals surface area contributed by atoms with E-state index in [2.05, 4.69) is 12.2 Å². The molecule has 0 saturated heterocycles. The van der Waals surface area contributed by atoms with E-state index >= 15 is 0 Å². The smallest absolute Gasteiger partial charge is 0.325 e. The number of carbonyl (C=O) groups excluding carboxylic acids is 1. The van der Waals surface area contributed by atoms with Crippen molar-refractivity contribution in [3.63, 3.8) is 0 Å².